The number of benzene rings is 2. The summed E-state index contributed by atoms with van der Waals surface area (Å²) in [5.74, 6) is -0.00739. The Balaban J connectivity index is 1.48. The van der Waals surface area contributed by atoms with Gasteiger partial charge in [-0.1, -0.05) is 24.3 Å². The first-order chi connectivity index (χ1) is 14.9. The minimum atomic E-state index is -0.578. The number of nitrogens with one attached hydrogen (secondary N) is 2. The minimum absolute atomic E-state index is 0.0332. The van der Waals surface area contributed by atoms with E-state index >= 15 is 0 Å². The summed E-state index contributed by atoms with van der Waals surface area (Å²) in [4.78, 5) is 40.0. The second kappa shape index (κ2) is 8.55. The van der Waals surface area contributed by atoms with Gasteiger partial charge >= 0.3 is 6.09 Å². The highest BCUT2D eigenvalue weighted by molar-refractivity contribution is 6.04. The van der Waals surface area contributed by atoms with Crippen LogP contribution in [-0.2, 0) is 14.3 Å². The summed E-state index contributed by atoms with van der Waals surface area (Å²) < 4.78 is 20.1. The molecule has 2 amide bonds. The molecule has 2 aromatic rings. The molecule has 0 aromatic heterocycles. The van der Waals surface area contributed by atoms with Gasteiger partial charge in [-0.2, -0.15) is 0 Å². The first kappa shape index (κ1) is 20.5. The van der Waals surface area contributed by atoms with E-state index in [1.807, 2.05) is 12.1 Å². The van der Waals surface area contributed by atoms with Gasteiger partial charge in [-0.25, -0.2) is 9.18 Å². The zero-order valence-electron chi connectivity index (χ0n) is 16.9. The van der Waals surface area contributed by atoms with Crippen molar-refractivity contribution >= 4 is 29.3 Å². The highest BCUT2D eigenvalue weighted by Gasteiger charge is 2.32. The SMILES string of the molecule is CC(=O)NC[C@H]1CN(c2ccc(-c3ccc(C4=NCC(=O)CN4)cc3)c(F)c2)C(=O)O1. The van der Waals surface area contributed by atoms with Crippen LogP contribution in [0, 0.1) is 5.82 Å². The first-order valence-electron chi connectivity index (χ1n) is 9.83. The second-order valence-electron chi connectivity index (χ2n) is 7.35. The molecule has 0 spiro atoms. The fraction of sp³-hybridized carbons (Fsp3) is 0.273. The molecule has 0 unspecified atom stereocenters. The number of Topliss-reactive ketones (excluding diaryl/α,β-unsaturated/α-hetero) is 1. The molecule has 0 radical (unpaired) electrons. The lowest BCUT2D eigenvalue weighted by molar-refractivity contribution is -0.119. The molecule has 0 saturated carbocycles. The van der Waals surface area contributed by atoms with Crippen LogP contribution in [0.1, 0.15) is 12.5 Å². The standard InChI is InChI=1S/C22H21FN4O4/c1-13(28)24-11-18-12-27(22(30)31-18)16-6-7-19(20(23)8-16)14-2-4-15(5-3-14)21-25-9-17(29)10-26-21/h2-8,18H,9-12H2,1H3,(H,24,28)(H,25,26)/t18-/m0/s1. The van der Waals surface area contributed by atoms with E-state index in [9.17, 15) is 18.8 Å². The van der Waals surface area contributed by atoms with Crippen LogP contribution in [0.15, 0.2) is 47.5 Å². The van der Waals surface area contributed by atoms with Crippen LogP contribution in [0.2, 0.25) is 0 Å². The summed E-state index contributed by atoms with van der Waals surface area (Å²) in [7, 11) is 0. The van der Waals surface area contributed by atoms with Crippen LogP contribution in [-0.4, -0.2) is 55.9 Å². The Bertz CT molecular complexity index is 1070. The van der Waals surface area contributed by atoms with Crippen molar-refractivity contribution in [2.24, 2.45) is 4.99 Å². The summed E-state index contributed by atoms with van der Waals surface area (Å²) in [6.45, 7) is 2.23. The van der Waals surface area contributed by atoms with Crippen molar-refractivity contribution < 1.29 is 23.5 Å². The summed E-state index contributed by atoms with van der Waals surface area (Å²) in [5, 5.41) is 5.58. The van der Waals surface area contributed by atoms with Crippen LogP contribution in [0.25, 0.3) is 11.1 Å². The first-order valence-corrected chi connectivity index (χ1v) is 9.83. The van der Waals surface area contributed by atoms with E-state index in [-0.39, 0.29) is 37.9 Å². The van der Waals surface area contributed by atoms with Crippen LogP contribution < -0.4 is 15.5 Å². The van der Waals surface area contributed by atoms with E-state index in [1.54, 1.807) is 24.3 Å². The predicted octanol–water partition coefficient (Wildman–Crippen LogP) is 1.87. The second-order valence-corrected chi connectivity index (χ2v) is 7.35. The zero-order chi connectivity index (χ0) is 22.0. The monoisotopic (exact) mass is 424 g/mol. The third-order valence-electron chi connectivity index (χ3n) is 5.05. The van der Waals surface area contributed by atoms with Gasteiger partial charge in [0.2, 0.25) is 5.91 Å². The topological polar surface area (TPSA) is 100 Å². The number of hydrogen-bond acceptors (Lipinski definition) is 6. The number of hydrogen-bond donors (Lipinski definition) is 2. The fourth-order valence-corrected chi connectivity index (χ4v) is 3.46. The summed E-state index contributed by atoms with van der Waals surface area (Å²) in [6.07, 6.45) is -1.07. The van der Waals surface area contributed by atoms with Crippen molar-refractivity contribution in [3.05, 3.63) is 53.8 Å². The van der Waals surface area contributed by atoms with Crippen LogP contribution >= 0.6 is 0 Å². The Hall–Kier alpha value is -3.75. The summed E-state index contributed by atoms with van der Waals surface area (Å²) in [6, 6.07) is 11.8. The smallest absolute Gasteiger partial charge is 0.414 e. The molecule has 1 fully saturated rings. The number of ether oxygens (including phenoxy) is 1. The molecular formula is C22H21FN4O4. The number of amides is 2. The van der Waals surface area contributed by atoms with Gasteiger partial charge in [-0.15, -0.1) is 0 Å². The molecule has 0 bridgehead atoms. The van der Waals surface area contributed by atoms with Crippen LogP contribution in [0.5, 0.6) is 0 Å². The summed E-state index contributed by atoms with van der Waals surface area (Å²) in [5.41, 5.74) is 2.27. The molecule has 8 nitrogen and oxygen atoms in total. The van der Waals surface area contributed by atoms with Gasteiger partial charge in [-0.05, 0) is 23.8 Å². The molecule has 1 atom stereocenters. The van der Waals surface area contributed by atoms with E-state index < -0.39 is 18.0 Å². The Labute approximate surface area is 178 Å². The molecule has 2 aliphatic heterocycles. The quantitative estimate of drug-likeness (QED) is 0.763. The molecule has 2 aromatic carbocycles. The van der Waals surface area contributed by atoms with Crippen molar-refractivity contribution in [3.63, 3.8) is 0 Å². The van der Waals surface area contributed by atoms with Crippen molar-refractivity contribution in [1.82, 2.24) is 10.6 Å². The van der Waals surface area contributed by atoms with E-state index in [1.165, 1.54) is 17.9 Å². The molecule has 1 saturated heterocycles. The van der Waals surface area contributed by atoms with Gasteiger partial charge in [0.1, 0.15) is 24.3 Å². The number of amidine groups is 1. The molecule has 2 aliphatic rings. The molecule has 9 heteroatoms. The minimum Gasteiger partial charge on any atom is -0.442 e. The lowest BCUT2D eigenvalue weighted by atomic mass is 10.0. The average Bonchev–Trinajstić information content (AvgIpc) is 3.13. The number of aliphatic imine (C=N–C) groups is 1. The molecule has 0 aliphatic carbocycles. The molecule has 160 valence electrons. The molecule has 31 heavy (non-hydrogen) atoms. The highest BCUT2D eigenvalue weighted by atomic mass is 19.1. The van der Waals surface area contributed by atoms with Gasteiger partial charge in [0.05, 0.1) is 25.3 Å². The largest absolute Gasteiger partial charge is 0.442 e. The fourth-order valence-electron chi connectivity index (χ4n) is 3.46. The van der Waals surface area contributed by atoms with E-state index in [4.69, 9.17) is 4.74 Å². The maximum absolute atomic E-state index is 14.9. The molecule has 2 heterocycles. The number of ketones is 1. The van der Waals surface area contributed by atoms with Gasteiger partial charge in [0, 0.05) is 18.1 Å². The van der Waals surface area contributed by atoms with Gasteiger partial charge < -0.3 is 15.4 Å². The van der Waals surface area contributed by atoms with E-state index in [0.29, 0.717) is 22.6 Å². The Kier molecular flexibility index (Phi) is 5.66. The average molecular weight is 424 g/mol. The summed E-state index contributed by atoms with van der Waals surface area (Å²) >= 11 is 0. The lowest BCUT2D eigenvalue weighted by Gasteiger charge is -2.15. The number of halogens is 1. The number of anilines is 1. The van der Waals surface area contributed by atoms with Crippen molar-refractivity contribution in [3.8, 4) is 11.1 Å². The number of carbonyl (C=O) groups is 3. The third kappa shape index (κ3) is 4.55. The zero-order valence-corrected chi connectivity index (χ0v) is 16.9. The normalized spacial score (nSPS) is 18.3. The van der Waals surface area contributed by atoms with Crippen molar-refractivity contribution in [2.45, 2.75) is 13.0 Å². The van der Waals surface area contributed by atoms with Crippen molar-refractivity contribution in [2.75, 3.05) is 31.1 Å². The van der Waals surface area contributed by atoms with E-state index in [0.717, 1.165) is 5.56 Å². The Morgan fingerprint density at radius 1 is 1.23 bits per heavy atom. The lowest BCUT2D eigenvalue weighted by Crippen LogP contribution is -2.36. The number of rotatable bonds is 5. The van der Waals surface area contributed by atoms with E-state index in [2.05, 4.69) is 15.6 Å². The van der Waals surface area contributed by atoms with Gasteiger partial charge in [0.25, 0.3) is 0 Å². The number of cyclic esters (lactones) is 1. The number of nitrogens with zero attached hydrogens (tertiary/aromatic N) is 2. The number of carbonyl (C=O) groups excluding carboxylic acids is 3. The predicted molar refractivity (Wildman–Crippen MR) is 113 cm³/mol. The van der Waals surface area contributed by atoms with Gasteiger partial charge in [0.15, 0.2) is 5.78 Å². The van der Waals surface area contributed by atoms with Crippen molar-refractivity contribution in [1.29, 1.82) is 0 Å². The Morgan fingerprint density at radius 3 is 2.61 bits per heavy atom. The maximum atomic E-state index is 14.9. The van der Waals surface area contributed by atoms with Crippen LogP contribution in [0.4, 0.5) is 14.9 Å². The molecule has 4 rings (SSSR count). The third-order valence-corrected chi connectivity index (χ3v) is 5.05. The highest BCUT2D eigenvalue weighted by Crippen LogP contribution is 2.29. The molecular weight excluding hydrogens is 403 g/mol. The van der Waals surface area contributed by atoms with Crippen LogP contribution in [0.3, 0.4) is 0 Å². The maximum Gasteiger partial charge on any atom is 0.414 e. The Morgan fingerprint density at radius 2 is 1.97 bits per heavy atom. The van der Waals surface area contributed by atoms with Gasteiger partial charge in [-0.3, -0.25) is 19.5 Å². The molecule has 2 N–H and O–H groups in total.